The molecule has 0 aliphatic heterocycles. The van der Waals surface area contributed by atoms with Crippen LogP contribution in [-0.2, 0) is 13.2 Å². The molecule has 0 fully saturated rings. The van der Waals surface area contributed by atoms with Crippen LogP contribution in [0.15, 0.2) is 121 Å². The van der Waals surface area contributed by atoms with Crippen molar-refractivity contribution in [2.45, 2.75) is 32.0 Å². The van der Waals surface area contributed by atoms with E-state index >= 15 is 0 Å². The molecule has 5 aromatic carbocycles. The molecule has 0 aromatic heterocycles. The highest BCUT2D eigenvalue weighted by Crippen LogP contribution is 2.44. The first-order valence-corrected chi connectivity index (χ1v) is 14.5. The lowest BCUT2D eigenvalue weighted by atomic mass is 9.77. The molecule has 43 heavy (non-hydrogen) atoms. The van der Waals surface area contributed by atoms with Gasteiger partial charge in [0.15, 0.2) is 23.0 Å². The molecule has 5 aromatic rings. The summed E-state index contributed by atoms with van der Waals surface area (Å²) in [7, 11) is 3.30. The van der Waals surface area contributed by atoms with Gasteiger partial charge in [0.1, 0.15) is 13.2 Å². The van der Waals surface area contributed by atoms with Gasteiger partial charge in [-0.2, -0.15) is 0 Å². The van der Waals surface area contributed by atoms with Gasteiger partial charge >= 0.3 is 0 Å². The van der Waals surface area contributed by atoms with Crippen molar-refractivity contribution < 1.29 is 24.1 Å². The first-order valence-electron chi connectivity index (χ1n) is 14.5. The van der Waals surface area contributed by atoms with Crippen molar-refractivity contribution in [1.82, 2.24) is 0 Å². The molecule has 0 saturated carbocycles. The average molecular weight is 575 g/mol. The summed E-state index contributed by atoms with van der Waals surface area (Å²) in [5, 5.41) is 10.8. The van der Waals surface area contributed by atoms with E-state index in [9.17, 15) is 5.11 Å². The lowest BCUT2D eigenvalue weighted by molar-refractivity contribution is 0.254. The third kappa shape index (κ3) is 7.37. The topological polar surface area (TPSA) is 57.2 Å². The Kier molecular flexibility index (Phi) is 9.98. The molecule has 0 aliphatic rings. The molecule has 0 aliphatic carbocycles. The Hall–Kier alpha value is -4.74. The van der Waals surface area contributed by atoms with Crippen LogP contribution in [0.3, 0.4) is 0 Å². The SMILES string of the molecule is COc1cc(C(c2ccc(OCc3ccccc3)c(OC)c2)C(CO)c2ccc(C)cc2)ccc1OCc1ccccc1. The van der Waals surface area contributed by atoms with E-state index in [0.717, 1.165) is 27.8 Å². The van der Waals surface area contributed by atoms with Gasteiger partial charge in [-0.1, -0.05) is 103 Å². The highest BCUT2D eigenvalue weighted by Gasteiger charge is 2.28. The summed E-state index contributed by atoms with van der Waals surface area (Å²) in [6, 6.07) is 40.4. The van der Waals surface area contributed by atoms with Crippen molar-refractivity contribution >= 4 is 0 Å². The van der Waals surface area contributed by atoms with Crippen LogP contribution in [0.25, 0.3) is 0 Å². The van der Waals surface area contributed by atoms with Gasteiger partial charge in [0, 0.05) is 11.8 Å². The molecule has 1 atom stereocenters. The van der Waals surface area contributed by atoms with Gasteiger partial charge in [0.25, 0.3) is 0 Å². The van der Waals surface area contributed by atoms with Crippen LogP contribution in [0, 0.1) is 6.92 Å². The van der Waals surface area contributed by atoms with Crippen molar-refractivity contribution in [3.05, 3.63) is 155 Å². The van der Waals surface area contributed by atoms with Gasteiger partial charge in [-0.05, 0) is 59.0 Å². The standard InChI is InChI=1S/C38H38O5/c1-27-14-16-30(17-15-27)33(24-39)38(31-18-20-34(36(22-31)40-2)42-25-28-10-6-4-7-11-28)32-19-21-35(37(23-32)41-3)43-26-29-12-8-5-9-13-29/h4-23,33,38-39H,24-26H2,1-3H3. The molecule has 1 N–H and O–H groups in total. The van der Waals surface area contributed by atoms with Crippen LogP contribution >= 0.6 is 0 Å². The fourth-order valence-electron chi connectivity index (χ4n) is 5.34. The van der Waals surface area contributed by atoms with Gasteiger partial charge in [-0.3, -0.25) is 0 Å². The first kappa shape index (κ1) is 29.7. The van der Waals surface area contributed by atoms with E-state index < -0.39 is 0 Å². The van der Waals surface area contributed by atoms with Crippen LogP contribution in [0.4, 0.5) is 0 Å². The lowest BCUT2D eigenvalue weighted by Crippen LogP contribution is -2.17. The molecule has 1 unspecified atom stereocenters. The number of rotatable bonds is 13. The smallest absolute Gasteiger partial charge is 0.161 e. The summed E-state index contributed by atoms with van der Waals surface area (Å²) in [6.07, 6.45) is 0. The molecule has 0 amide bonds. The Labute approximate surface area is 254 Å². The van der Waals surface area contributed by atoms with Gasteiger partial charge in [0.05, 0.1) is 20.8 Å². The molecule has 0 spiro atoms. The summed E-state index contributed by atoms with van der Waals surface area (Å²) in [6.45, 7) is 2.89. The van der Waals surface area contributed by atoms with Crippen molar-refractivity contribution in [3.8, 4) is 23.0 Å². The number of benzene rings is 5. The largest absolute Gasteiger partial charge is 0.493 e. The summed E-state index contributed by atoms with van der Waals surface area (Å²) >= 11 is 0. The molecule has 5 rings (SSSR count). The Bertz CT molecular complexity index is 1490. The molecule has 0 heterocycles. The number of methoxy groups -OCH3 is 2. The van der Waals surface area contributed by atoms with Crippen molar-refractivity contribution in [2.75, 3.05) is 20.8 Å². The van der Waals surface area contributed by atoms with E-state index in [1.165, 1.54) is 5.56 Å². The second-order valence-corrected chi connectivity index (χ2v) is 10.5. The minimum atomic E-state index is -0.220. The van der Waals surface area contributed by atoms with Crippen molar-refractivity contribution in [3.63, 3.8) is 0 Å². The Morgan fingerprint density at radius 1 is 0.535 bits per heavy atom. The number of ether oxygens (including phenoxy) is 4. The molecule has 5 nitrogen and oxygen atoms in total. The van der Waals surface area contributed by atoms with Crippen LogP contribution in [0.1, 0.15) is 45.2 Å². The molecule has 0 bridgehead atoms. The quantitative estimate of drug-likeness (QED) is 0.154. The Morgan fingerprint density at radius 3 is 1.40 bits per heavy atom. The van der Waals surface area contributed by atoms with E-state index in [0.29, 0.717) is 36.2 Å². The van der Waals surface area contributed by atoms with Crippen LogP contribution in [0.2, 0.25) is 0 Å². The van der Waals surface area contributed by atoms with Crippen molar-refractivity contribution in [2.24, 2.45) is 0 Å². The lowest BCUT2D eigenvalue weighted by Gasteiger charge is -2.28. The predicted molar refractivity (Wildman–Crippen MR) is 170 cm³/mol. The first-order chi connectivity index (χ1) is 21.1. The number of aryl methyl sites for hydroxylation is 1. The summed E-state index contributed by atoms with van der Waals surface area (Å²) in [4.78, 5) is 0. The zero-order valence-corrected chi connectivity index (χ0v) is 24.9. The van der Waals surface area contributed by atoms with Crippen LogP contribution in [0.5, 0.6) is 23.0 Å². The highest BCUT2D eigenvalue weighted by molar-refractivity contribution is 5.51. The maximum atomic E-state index is 10.8. The summed E-state index contributed by atoms with van der Waals surface area (Å²) in [5.41, 5.74) is 6.35. The third-order valence-corrected chi connectivity index (χ3v) is 7.67. The maximum Gasteiger partial charge on any atom is 0.161 e. The maximum absolute atomic E-state index is 10.8. The second-order valence-electron chi connectivity index (χ2n) is 10.5. The normalized spacial score (nSPS) is 11.7. The number of hydrogen-bond acceptors (Lipinski definition) is 5. The molecular weight excluding hydrogens is 536 g/mol. The van der Waals surface area contributed by atoms with Crippen LogP contribution < -0.4 is 18.9 Å². The summed E-state index contributed by atoms with van der Waals surface area (Å²) in [5.74, 6) is 2.16. The van der Waals surface area contributed by atoms with Gasteiger partial charge in [-0.15, -0.1) is 0 Å². The summed E-state index contributed by atoms with van der Waals surface area (Å²) < 4.78 is 23.9. The number of hydrogen-bond donors (Lipinski definition) is 1. The average Bonchev–Trinajstić information content (AvgIpc) is 3.06. The van der Waals surface area contributed by atoms with E-state index in [1.54, 1.807) is 14.2 Å². The molecule has 0 radical (unpaired) electrons. The predicted octanol–water partition coefficient (Wildman–Crippen LogP) is 8.08. The minimum absolute atomic E-state index is 0.0448. The molecular formula is C38H38O5. The molecule has 5 heteroatoms. The molecule has 220 valence electrons. The number of aliphatic hydroxyl groups is 1. The zero-order valence-electron chi connectivity index (χ0n) is 24.9. The Balaban J connectivity index is 1.51. The van der Waals surface area contributed by atoms with E-state index in [-0.39, 0.29) is 18.4 Å². The fourth-order valence-corrected chi connectivity index (χ4v) is 5.34. The second kappa shape index (κ2) is 14.4. The number of aliphatic hydroxyl groups excluding tert-OH is 1. The van der Waals surface area contributed by atoms with E-state index in [1.807, 2.05) is 84.9 Å². The zero-order chi connectivity index (χ0) is 30.0. The molecule has 0 saturated heterocycles. The highest BCUT2D eigenvalue weighted by atomic mass is 16.5. The van der Waals surface area contributed by atoms with Gasteiger partial charge in [0.2, 0.25) is 0 Å². The van der Waals surface area contributed by atoms with E-state index in [4.69, 9.17) is 18.9 Å². The third-order valence-electron chi connectivity index (χ3n) is 7.67. The van der Waals surface area contributed by atoms with Crippen molar-refractivity contribution in [1.29, 1.82) is 0 Å². The fraction of sp³-hybridized carbons (Fsp3) is 0.211. The van der Waals surface area contributed by atoms with Gasteiger partial charge < -0.3 is 24.1 Å². The van der Waals surface area contributed by atoms with Crippen LogP contribution in [-0.4, -0.2) is 25.9 Å². The van der Waals surface area contributed by atoms with E-state index in [2.05, 4.69) is 43.3 Å². The van der Waals surface area contributed by atoms with Gasteiger partial charge in [-0.25, -0.2) is 0 Å². The Morgan fingerprint density at radius 2 is 0.977 bits per heavy atom. The minimum Gasteiger partial charge on any atom is -0.493 e. The monoisotopic (exact) mass is 574 g/mol.